The average Bonchev–Trinajstić information content (AvgIpc) is 2.31. The highest BCUT2D eigenvalue weighted by Crippen LogP contribution is 2.25. The van der Waals surface area contributed by atoms with Crippen molar-refractivity contribution in [2.24, 2.45) is 0 Å². The third-order valence-corrected chi connectivity index (χ3v) is 3.36. The molecule has 0 fully saturated rings. The quantitative estimate of drug-likeness (QED) is 0.839. The lowest BCUT2D eigenvalue weighted by Gasteiger charge is -2.23. The van der Waals surface area contributed by atoms with Gasteiger partial charge in [0.15, 0.2) is 0 Å². The van der Waals surface area contributed by atoms with Crippen LogP contribution in [0, 0.1) is 0 Å². The second-order valence-electron chi connectivity index (χ2n) is 3.81. The molecule has 0 aliphatic heterocycles. The van der Waals surface area contributed by atoms with Crippen LogP contribution in [-0.4, -0.2) is 41.4 Å². The molecule has 0 saturated heterocycles. The Labute approximate surface area is 112 Å². The van der Waals surface area contributed by atoms with Crippen LogP contribution in [0.4, 0.5) is 0 Å². The molecule has 0 bridgehead atoms. The standard InChI is InChI=1S/C12H17Cl2NO2/c1-2-15(5-6-16)8-12(17)9-3-4-10(13)11(14)7-9/h3-4,7,12,16-17H,2,5-6,8H2,1H3. The molecule has 2 N–H and O–H groups in total. The number of aliphatic hydroxyl groups excluding tert-OH is 2. The third-order valence-electron chi connectivity index (χ3n) is 2.62. The van der Waals surface area contributed by atoms with Crippen molar-refractivity contribution >= 4 is 23.2 Å². The monoisotopic (exact) mass is 277 g/mol. The molecule has 0 aliphatic carbocycles. The van der Waals surface area contributed by atoms with Gasteiger partial charge in [-0.25, -0.2) is 0 Å². The highest BCUT2D eigenvalue weighted by Gasteiger charge is 2.13. The molecule has 0 spiro atoms. The van der Waals surface area contributed by atoms with Crippen molar-refractivity contribution < 1.29 is 10.2 Å². The Morgan fingerprint density at radius 3 is 2.53 bits per heavy atom. The number of rotatable bonds is 6. The molecular weight excluding hydrogens is 261 g/mol. The highest BCUT2D eigenvalue weighted by molar-refractivity contribution is 6.42. The van der Waals surface area contributed by atoms with Crippen LogP contribution in [0.15, 0.2) is 18.2 Å². The second kappa shape index (κ2) is 7.19. The van der Waals surface area contributed by atoms with Gasteiger partial charge >= 0.3 is 0 Å². The highest BCUT2D eigenvalue weighted by atomic mass is 35.5. The Hall–Kier alpha value is -0.320. The van der Waals surface area contributed by atoms with Gasteiger partial charge in [0.05, 0.1) is 22.8 Å². The molecule has 1 aromatic carbocycles. The van der Waals surface area contributed by atoms with Crippen molar-refractivity contribution in [3.63, 3.8) is 0 Å². The van der Waals surface area contributed by atoms with Crippen molar-refractivity contribution in [2.75, 3.05) is 26.2 Å². The Kier molecular flexibility index (Phi) is 6.23. The Morgan fingerprint density at radius 1 is 1.29 bits per heavy atom. The first kappa shape index (κ1) is 14.7. The second-order valence-corrected chi connectivity index (χ2v) is 4.62. The summed E-state index contributed by atoms with van der Waals surface area (Å²) in [6, 6.07) is 5.10. The number of likely N-dealkylation sites (N-methyl/N-ethyl adjacent to an activating group) is 1. The summed E-state index contributed by atoms with van der Waals surface area (Å²) in [5, 5.41) is 19.8. The van der Waals surface area contributed by atoms with E-state index in [4.69, 9.17) is 28.3 Å². The van der Waals surface area contributed by atoms with E-state index < -0.39 is 6.10 Å². The molecule has 5 heteroatoms. The molecule has 96 valence electrons. The lowest BCUT2D eigenvalue weighted by Crippen LogP contribution is -2.31. The molecule has 17 heavy (non-hydrogen) atoms. The number of halogens is 2. The Morgan fingerprint density at radius 2 is 2.00 bits per heavy atom. The average molecular weight is 278 g/mol. The number of nitrogens with zero attached hydrogens (tertiary/aromatic N) is 1. The topological polar surface area (TPSA) is 43.7 Å². The molecule has 0 aliphatic rings. The maximum atomic E-state index is 10.0. The van der Waals surface area contributed by atoms with Gasteiger partial charge in [0, 0.05) is 13.1 Å². The number of hydrogen-bond donors (Lipinski definition) is 2. The van der Waals surface area contributed by atoms with E-state index in [0.29, 0.717) is 23.1 Å². The predicted octanol–water partition coefficient (Wildman–Crippen LogP) is 2.34. The lowest BCUT2D eigenvalue weighted by atomic mass is 10.1. The molecule has 0 heterocycles. The zero-order chi connectivity index (χ0) is 12.8. The summed E-state index contributed by atoms with van der Waals surface area (Å²) < 4.78 is 0. The summed E-state index contributed by atoms with van der Waals surface area (Å²) in [6.07, 6.45) is -0.628. The minimum absolute atomic E-state index is 0.0853. The van der Waals surface area contributed by atoms with Gasteiger partial charge in [-0.3, -0.25) is 4.90 Å². The van der Waals surface area contributed by atoms with Crippen molar-refractivity contribution in [1.29, 1.82) is 0 Å². The summed E-state index contributed by atoms with van der Waals surface area (Å²) in [5.74, 6) is 0. The minimum Gasteiger partial charge on any atom is -0.395 e. The largest absolute Gasteiger partial charge is 0.395 e. The van der Waals surface area contributed by atoms with Crippen molar-refractivity contribution in [3.05, 3.63) is 33.8 Å². The van der Waals surface area contributed by atoms with Crippen LogP contribution in [0.3, 0.4) is 0 Å². The van der Waals surface area contributed by atoms with Gasteiger partial charge in [-0.2, -0.15) is 0 Å². The SMILES string of the molecule is CCN(CCO)CC(O)c1ccc(Cl)c(Cl)c1. The first-order chi connectivity index (χ1) is 8.08. The molecule has 0 aromatic heterocycles. The number of aliphatic hydroxyl groups is 2. The van der Waals surface area contributed by atoms with Crippen LogP contribution in [0.1, 0.15) is 18.6 Å². The van der Waals surface area contributed by atoms with Crippen molar-refractivity contribution in [1.82, 2.24) is 4.90 Å². The molecule has 1 unspecified atom stereocenters. The molecule has 1 aromatic rings. The fraction of sp³-hybridized carbons (Fsp3) is 0.500. The van der Waals surface area contributed by atoms with Crippen LogP contribution in [0.2, 0.25) is 10.0 Å². The minimum atomic E-state index is -0.628. The Balaban J connectivity index is 2.68. The van der Waals surface area contributed by atoms with Gasteiger partial charge in [0.25, 0.3) is 0 Å². The van der Waals surface area contributed by atoms with Gasteiger partial charge in [-0.15, -0.1) is 0 Å². The van der Waals surface area contributed by atoms with Gasteiger partial charge in [0.2, 0.25) is 0 Å². The van der Waals surface area contributed by atoms with E-state index in [-0.39, 0.29) is 6.61 Å². The van der Waals surface area contributed by atoms with E-state index >= 15 is 0 Å². The van der Waals surface area contributed by atoms with Crippen LogP contribution in [0.25, 0.3) is 0 Å². The van der Waals surface area contributed by atoms with Crippen molar-refractivity contribution in [2.45, 2.75) is 13.0 Å². The summed E-state index contributed by atoms with van der Waals surface area (Å²) in [7, 11) is 0. The zero-order valence-electron chi connectivity index (χ0n) is 9.74. The van der Waals surface area contributed by atoms with Crippen LogP contribution < -0.4 is 0 Å². The van der Waals surface area contributed by atoms with E-state index in [1.54, 1.807) is 18.2 Å². The first-order valence-electron chi connectivity index (χ1n) is 5.54. The summed E-state index contributed by atoms with van der Waals surface area (Å²) in [5.41, 5.74) is 0.732. The number of benzene rings is 1. The molecule has 0 amide bonds. The fourth-order valence-corrected chi connectivity index (χ4v) is 1.90. The third kappa shape index (κ3) is 4.45. The summed E-state index contributed by atoms with van der Waals surface area (Å²) in [6.45, 7) is 3.86. The smallest absolute Gasteiger partial charge is 0.0917 e. The molecule has 0 radical (unpaired) electrons. The van der Waals surface area contributed by atoms with E-state index in [1.807, 2.05) is 11.8 Å². The summed E-state index contributed by atoms with van der Waals surface area (Å²) >= 11 is 11.7. The fourth-order valence-electron chi connectivity index (χ4n) is 1.59. The maximum Gasteiger partial charge on any atom is 0.0917 e. The maximum absolute atomic E-state index is 10.0. The van der Waals surface area contributed by atoms with Gasteiger partial charge in [-0.05, 0) is 24.2 Å². The normalized spacial score (nSPS) is 13.1. The van der Waals surface area contributed by atoms with Crippen LogP contribution >= 0.6 is 23.2 Å². The van der Waals surface area contributed by atoms with Crippen LogP contribution in [0.5, 0.6) is 0 Å². The van der Waals surface area contributed by atoms with E-state index in [0.717, 1.165) is 12.1 Å². The molecular formula is C12H17Cl2NO2. The van der Waals surface area contributed by atoms with E-state index in [1.165, 1.54) is 0 Å². The number of hydrogen-bond acceptors (Lipinski definition) is 3. The van der Waals surface area contributed by atoms with Crippen molar-refractivity contribution in [3.8, 4) is 0 Å². The zero-order valence-corrected chi connectivity index (χ0v) is 11.2. The summed E-state index contributed by atoms with van der Waals surface area (Å²) in [4.78, 5) is 1.97. The first-order valence-corrected chi connectivity index (χ1v) is 6.30. The molecule has 0 saturated carbocycles. The molecule has 1 rings (SSSR count). The Bertz CT molecular complexity index is 360. The van der Waals surface area contributed by atoms with E-state index in [9.17, 15) is 5.11 Å². The van der Waals surface area contributed by atoms with Gasteiger partial charge in [-0.1, -0.05) is 36.2 Å². The van der Waals surface area contributed by atoms with E-state index in [2.05, 4.69) is 0 Å². The molecule has 3 nitrogen and oxygen atoms in total. The predicted molar refractivity (Wildman–Crippen MR) is 70.6 cm³/mol. The van der Waals surface area contributed by atoms with Crippen LogP contribution in [-0.2, 0) is 0 Å². The van der Waals surface area contributed by atoms with Gasteiger partial charge < -0.3 is 10.2 Å². The van der Waals surface area contributed by atoms with Gasteiger partial charge in [0.1, 0.15) is 0 Å². The molecule has 1 atom stereocenters. The lowest BCUT2D eigenvalue weighted by molar-refractivity contribution is 0.103.